The normalized spacial score (nSPS) is 11.9. The van der Waals surface area contributed by atoms with Crippen LogP contribution in [0.1, 0.15) is 53.4 Å². The maximum absolute atomic E-state index is 5.88. The van der Waals surface area contributed by atoms with E-state index in [4.69, 9.17) is 23.7 Å². The fraction of sp³-hybridized carbons (Fsp3) is 0.520. The van der Waals surface area contributed by atoms with Crippen molar-refractivity contribution in [2.75, 3.05) is 34.4 Å². The molecular weight excluding hydrogens is 380 g/mol. The van der Waals surface area contributed by atoms with Gasteiger partial charge in [0.05, 0.1) is 0 Å². The van der Waals surface area contributed by atoms with Gasteiger partial charge in [0.25, 0.3) is 0 Å². The summed E-state index contributed by atoms with van der Waals surface area (Å²) in [4.78, 5) is 0. The van der Waals surface area contributed by atoms with E-state index in [9.17, 15) is 0 Å². The second-order valence-electron chi connectivity index (χ2n) is 7.51. The van der Waals surface area contributed by atoms with Gasteiger partial charge in [0.15, 0.2) is 13.6 Å². The molecule has 0 spiro atoms. The standard InChI is InChI=1S/C25H38O5/c1-20(2)9-7-10-21(3)11-8-12-22(4)13-14-28-23-15-24(29-18-26-5)17-25(16-23)30-19-27-6/h9,11,13,15-17H,7-8,10,12,14,18-19H2,1-6H3/b21-11+,22-13+. The van der Waals surface area contributed by atoms with Crippen LogP contribution in [0.4, 0.5) is 0 Å². The van der Waals surface area contributed by atoms with Crippen LogP contribution in [0.15, 0.2) is 53.1 Å². The van der Waals surface area contributed by atoms with E-state index in [1.54, 1.807) is 20.3 Å². The van der Waals surface area contributed by atoms with Gasteiger partial charge in [0.1, 0.15) is 23.9 Å². The van der Waals surface area contributed by atoms with Gasteiger partial charge in [-0.1, -0.05) is 28.9 Å². The molecule has 168 valence electrons. The Balaban J connectivity index is 2.52. The Labute approximate surface area is 182 Å². The third-order valence-electron chi connectivity index (χ3n) is 4.34. The van der Waals surface area contributed by atoms with Gasteiger partial charge in [-0.15, -0.1) is 0 Å². The average Bonchev–Trinajstić information content (AvgIpc) is 2.70. The van der Waals surface area contributed by atoms with Gasteiger partial charge in [-0.3, -0.25) is 0 Å². The summed E-state index contributed by atoms with van der Waals surface area (Å²) in [6.07, 6.45) is 11.1. The SMILES string of the molecule is COCOc1cc(OC/C=C(\C)CC/C=C(\C)CCC=C(C)C)cc(OCOC)c1. The average molecular weight is 419 g/mol. The smallest absolute Gasteiger partial charge is 0.188 e. The maximum atomic E-state index is 5.88. The molecular formula is C25H38O5. The Hall–Kier alpha value is -2.24. The fourth-order valence-electron chi connectivity index (χ4n) is 2.67. The highest BCUT2D eigenvalue weighted by molar-refractivity contribution is 5.42. The minimum atomic E-state index is 0.160. The molecule has 0 aliphatic carbocycles. The minimum absolute atomic E-state index is 0.160. The highest BCUT2D eigenvalue weighted by Crippen LogP contribution is 2.28. The topological polar surface area (TPSA) is 46.2 Å². The van der Waals surface area contributed by atoms with E-state index in [0.717, 1.165) is 25.7 Å². The molecule has 0 unspecified atom stereocenters. The Morgan fingerprint density at radius 2 is 1.13 bits per heavy atom. The van der Waals surface area contributed by atoms with Crippen LogP contribution in [0.2, 0.25) is 0 Å². The molecule has 30 heavy (non-hydrogen) atoms. The molecule has 1 rings (SSSR count). The van der Waals surface area contributed by atoms with E-state index in [1.807, 2.05) is 12.1 Å². The quantitative estimate of drug-likeness (QED) is 0.242. The van der Waals surface area contributed by atoms with Crippen molar-refractivity contribution < 1.29 is 23.7 Å². The van der Waals surface area contributed by atoms with Gasteiger partial charge in [-0.25, -0.2) is 0 Å². The zero-order valence-corrected chi connectivity index (χ0v) is 19.5. The summed E-state index contributed by atoms with van der Waals surface area (Å²) in [5.41, 5.74) is 4.15. The van der Waals surface area contributed by atoms with Crippen LogP contribution >= 0.6 is 0 Å². The summed E-state index contributed by atoms with van der Waals surface area (Å²) in [7, 11) is 3.16. The number of allylic oxidation sites excluding steroid dienone is 5. The molecule has 0 radical (unpaired) electrons. The molecule has 0 fully saturated rings. The van der Waals surface area contributed by atoms with Crippen LogP contribution in [-0.4, -0.2) is 34.4 Å². The molecule has 1 aromatic carbocycles. The second-order valence-corrected chi connectivity index (χ2v) is 7.51. The van der Waals surface area contributed by atoms with Crippen LogP contribution in [-0.2, 0) is 9.47 Å². The molecule has 0 aromatic heterocycles. The predicted octanol–water partition coefficient (Wildman–Crippen LogP) is 6.45. The first-order valence-electron chi connectivity index (χ1n) is 10.4. The Kier molecular flexibility index (Phi) is 13.4. The van der Waals surface area contributed by atoms with Crippen LogP contribution in [0, 0.1) is 0 Å². The highest BCUT2D eigenvalue weighted by atomic mass is 16.7. The van der Waals surface area contributed by atoms with E-state index < -0.39 is 0 Å². The summed E-state index contributed by atoms with van der Waals surface area (Å²) in [6, 6.07) is 5.42. The molecule has 0 saturated heterocycles. The number of hydrogen-bond acceptors (Lipinski definition) is 5. The third-order valence-corrected chi connectivity index (χ3v) is 4.34. The molecule has 0 aliphatic heterocycles. The Morgan fingerprint density at radius 3 is 1.63 bits per heavy atom. The number of benzene rings is 1. The van der Waals surface area contributed by atoms with E-state index in [0.29, 0.717) is 23.9 Å². The molecule has 5 heteroatoms. The lowest BCUT2D eigenvalue weighted by Crippen LogP contribution is -2.03. The van der Waals surface area contributed by atoms with Gasteiger partial charge in [0.2, 0.25) is 0 Å². The summed E-state index contributed by atoms with van der Waals surface area (Å²) < 4.78 is 26.8. The van der Waals surface area contributed by atoms with Crippen molar-refractivity contribution >= 4 is 0 Å². The van der Waals surface area contributed by atoms with Gasteiger partial charge in [-0.2, -0.15) is 0 Å². The van der Waals surface area contributed by atoms with E-state index in [-0.39, 0.29) is 13.6 Å². The van der Waals surface area contributed by atoms with Crippen molar-refractivity contribution in [1.82, 2.24) is 0 Å². The minimum Gasteiger partial charge on any atom is -0.489 e. The van der Waals surface area contributed by atoms with Crippen molar-refractivity contribution in [2.45, 2.75) is 53.4 Å². The van der Waals surface area contributed by atoms with E-state index in [2.05, 4.69) is 45.9 Å². The van der Waals surface area contributed by atoms with E-state index in [1.165, 1.54) is 16.7 Å². The van der Waals surface area contributed by atoms with Crippen molar-refractivity contribution in [2.24, 2.45) is 0 Å². The third kappa shape index (κ3) is 12.3. The van der Waals surface area contributed by atoms with Gasteiger partial charge in [-0.05, 0) is 59.5 Å². The first kappa shape index (κ1) is 25.8. The number of hydrogen-bond donors (Lipinski definition) is 0. The second kappa shape index (κ2) is 15.6. The molecule has 5 nitrogen and oxygen atoms in total. The lowest BCUT2D eigenvalue weighted by Gasteiger charge is -2.12. The summed E-state index contributed by atoms with van der Waals surface area (Å²) in [5.74, 6) is 1.92. The molecule has 0 saturated carbocycles. The van der Waals surface area contributed by atoms with E-state index >= 15 is 0 Å². The lowest BCUT2D eigenvalue weighted by molar-refractivity contribution is 0.0457. The van der Waals surface area contributed by atoms with Crippen LogP contribution < -0.4 is 14.2 Å². The number of ether oxygens (including phenoxy) is 5. The van der Waals surface area contributed by atoms with Crippen molar-refractivity contribution in [1.29, 1.82) is 0 Å². The highest BCUT2D eigenvalue weighted by Gasteiger charge is 2.05. The van der Waals surface area contributed by atoms with Crippen molar-refractivity contribution in [3.05, 3.63) is 53.1 Å². The summed E-state index contributed by atoms with van der Waals surface area (Å²) in [6.45, 7) is 9.45. The monoisotopic (exact) mass is 418 g/mol. The Bertz CT molecular complexity index is 673. The largest absolute Gasteiger partial charge is 0.489 e. The Morgan fingerprint density at radius 1 is 0.667 bits per heavy atom. The lowest BCUT2D eigenvalue weighted by atomic mass is 10.1. The van der Waals surface area contributed by atoms with Gasteiger partial charge >= 0.3 is 0 Å². The first-order chi connectivity index (χ1) is 14.4. The molecule has 0 N–H and O–H groups in total. The molecule has 1 aromatic rings. The molecule has 0 amide bonds. The predicted molar refractivity (Wildman–Crippen MR) is 122 cm³/mol. The van der Waals surface area contributed by atoms with Crippen LogP contribution in [0.5, 0.6) is 17.2 Å². The van der Waals surface area contributed by atoms with Crippen LogP contribution in [0.25, 0.3) is 0 Å². The molecule has 0 atom stereocenters. The molecule has 0 bridgehead atoms. The fourth-order valence-corrected chi connectivity index (χ4v) is 2.67. The zero-order valence-electron chi connectivity index (χ0n) is 19.5. The van der Waals surface area contributed by atoms with Gasteiger partial charge in [0, 0.05) is 32.4 Å². The first-order valence-corrected chi connectivity index (χ1v) is 10.4. The zero-order chi connectivity index (χ0) is 22.2. The summed E-state index contributed by atoms with van der Waals surface area (Å²) >= 11 is 0. The van der Waals surface area contributed by atoms with Crippen LogP contribution in [0.3, 0.4) is 0 Å². The van der Waals surface area contributed by atoms with Crippen molar-refractivity contribution in [3.63, 3.8) is 0 Å². The molecule has 0 aliphatic rings. The van der Waals surface area contributed by atoms with Gasteiger partial charge < -0.3 is 23.7 Å². The number of methoxy groups -OCH3 is 2. The summed E-state index contributed by atoms with van der Waals surface area (Å²) in [5, 5.41) is 0. The molecule has 0 heterocycles. The number of rotatable bonds is 15. The van der Waals surface area contributed by atoms with Crippen molar-refractivity contribution in [3.8, 4) is 17.2 Å². The maximum Gasteiger partial charge on any atom is 0.188 e.